The van der Waals surface area contributed by atoms with Gasteiger partial charge in [0.15, 0.2) is 0 Å². The van der Waals surface area contributed by atoms with E-state index < -0.39 is 5.54 Å². The molecule has 1 aromatic heterocycles. The largest absolute Gasteiger partial charge is 0.330 e. The van der Waals surface area contributed by atoms with Crippen molar-refractivity contribution >= 4 is 23.0 Å². The molecule has 3 amide bonds. The molecule has 0 bridgehead atoms. The Morgan fingerprint density at radius 1 is 0.971 bits per heavy atom. The SMILES string of the molecule is CC(C)CN1C(=O)N(CCc2ccccc2)C2(CCN(Cc3nc4ccccc4n3C)CC2)C1=O. The molecule has 2 saturated heterocycles. The molecule has 0 radical (unpaired) electrons. The summed E-state index contributed by atoms with van der Waals surface area (Å²) < 4.78 is 2.15. The van der Waals surface area contributed by atoms with E-state index >= 15 is 0 Å². The first-order chi connectivity index (χ1) is 16.9. The minimum Gasteiger partial charge on any atom is -0.330 e. The number of aromatic nitrogens is 2. The van der Waals surface area contributed by atoms with Gasteiger partial charge in [0.2, 0.25) is 0 Å². The van der Waals surface area contributed by atoms with Crippen molar-refractivity contribution in [3.8, 4) is 0 Å². The van der Waals surface area contributed by atoms with Crippen LogP contribution in [0.15, 0.2) is 54.6 Å². The molecule has 0 N–H and O–H groups in total. The second-order valence-electron chi connectivity index (χ2n) is 10.4. The third kappa shape index (κ3) is 4.33. The fourth-order valence-electron chi connectivity index (χ4n) is 5.61. The summed E-state index contributed by atoms with van der Waals surface area (Å²) in [5.74, 6) is 1.26. The van der Waals surface area contributed by atoms with Crippen molar-refractivity contribution in [3.05, 3.63) is 66.0 Å². The predicted octanol–water partition coefficient (Wildman–Crippen LogP) is 4.07. The summed E-state index contributed by atoms with van der Waals surface area (Å²) in [6, 6.07) is 18.3. The standard InChI is InChI=1S/C28H35N5O2/c1-21(2)19-32-26(34)28(33(27(32)35)16-13-22-9-5-4-6-10-22)14-17-31(18-15-28)20-25-29-23-11-7-8-12-24(23)30(25)3/h4-12,21H,13-20H2,1-3H3. The van der Waals surface area contributed by atoms with Gasteiger partial charge in [-0.2, -0.15) is 0 Å². The Labute approximate surface area is 207 Å². The number of aryl methyl sites for hydroxylation is 1. The average molecular weight is 474 g/mol. The topological polar surface area (TPSA) is 61.7 Å². The highest BCUT2D eigenvalue weighted by molar-refractivity contribution is 6.07. The van der Waals surface area contributed by atoms with Crippen LogP contribution in [-0.4, -0.2) is 67.9 Å². The number of imide groups is 1. The van der Waals surface area contributed by atoms with Gasteiger partial charge in [0.25, 0.3) is 5.91 Å². The molecule has 2 aliphatic heterocycles. The molecule has 3 aromatic rings. The molecule has 3 heterocycles. The number of hydrogen-bond acceptors (Lipinski definition) is 4. The third-order valence-corrected chi connectivity index (χ3v) is 7.56. The maximum atomic E-state index is 13.7. The molecule has 2 aliphatic rings. The van der Waals surface area contributed by atoms with Crippen LogP contribution in [0.25, 0.3) is 11.0 Å². The van der Waals surface area contributed by atoms with Gasteiger partial charge in [-0.3, -0.25) is 14.6 Å². The Morgan fingerprint density at radius 2 is 1.66 bits per heavy atom. The van der Waals surface area contributed by atoms with Crippen molar-refractivity contribution < 1.29 is 9.59 Å². The van der Waals surface area contributed by atoms with Crippen LogP contribution in [0.2, 0.25) is 0 Å². The second-order valence-corrected chi connectivity index (χ2v) is 10.4. The highest BCUT2D eigenvalue weighted by atomic mass is 16.2. The number of carbonyl (C=O) groups is 2. The number of hydrogen-bond donors (Lipinski definition) is 0. The van der Waals surface area contributed by atoms with E-state index in [0.717, 1.165) is 42.9 Å². The number of amides is 3. The van der Waals surface area contributed by atoms with Crippen molar-refractivity contribution in [1.82, 2.24) is 24.3 Å². The maximum Gasteiger partial charge on any atom is 0.327 e. The average Bonchev–Trinajstić information content (AvgIpc) is 3.27. The molecule has 1 spiro atoms. The zero-order valence-corrected chi connectivity index (χ0v) is 21.0. The van der Waals surface area contributed by atoms with Crippen LogP contribution in [0.4, 0.5) is 4.79 Å². The third-order valence-electron chi connectivity index (χ3n) is 7.56. The molecule has 0 unspecified atom stereocenters. The Kier molecular flexibility index (Phi) is 6.36. The molecule has 0 aliphatic carbocycles. The Morgan fingerprint density at radius 3 is 2.34 bits per heavy atom. The van der Waals surface area contributed by atoms with Gasteiger partial charge in [0.05, 0.1) is 17.6 Å². The number of imidazole rings is 1. The molecular formula is C28H35N5O2. The van der Waals surface area contributed by atoms with Crippen LogP contribution < -0.4 is 0 Å². The van der Waals surface area contributed by atoms with Crippen molar-refractivity contribution in [2.24, 2.45) is 13.0 Å². The molecule has 2 fully saturated rings. The number of likely N-dealkylation sites (tertiary alicyclic amines) is 1. The number of para-hydroxylation sites is 2. The van der Waals surface area contributed by atoms with E-state index in [1.165, 1.54) is 10.5 Å². The molecule has 5 rings (SSSR count). The van der Waals surface area contributed by atoms with E-state index in [0.29, 0.717) is 25.9 Å². The van der Waals surface area contributed by atoms with E-state index in [9.17, 15) is 9.59 Å². The molecular weight excluding hydrogens is 438 g/mol. The zero-order valence-electron chi connectivity index (χ0n) is 21.0. The number of urea groups is 1. The lowest BCUT2D eigenvalue weighted by Crippen LogP contribution is -2.56. The number of fused-ring (bicyclic) bond motifs is 1. The smallest absolute Gasteiger partial charge is 0.327 e. The van der Waals surface area contributed by atoms with Crippen LogP contribution in [0.3, 0.4) is 0 Å². The van der Waals surface area contributed by atoms with Crippen LogP contribution in [0, 0.1) is 5.92 Å². The van der Waals surface area contributed by atoms with Gasteiger partial charge in [-0.1, -0.05) is 56.3 Å². The fraction of sp³-hybridized carbons (Fsp3) is 0.464. The lowest BCUT2D eigenvalue weighted by Gasteiger charge is -2.42. The lowest BCUT2D eigenvalue weighted by atomic mass is 9.85. The van der Waals surface area contributed by atoms with Gasteiger partial charge in [-0.05, 0) is 42.9 Å². The summed E-state index contributed by atoms with van der Waals surface area (Å²) in [4.78, 5) is 37.8. The van der Waals surface area contributed by atoms with Crippen LogP contribution in [0.5, 0.6) is 0 Å². The normalized spacial score (nSPS) is 18.5. The van der Waals surface area contributed by atoms with Gasteiger partial charge in [-0.15, -0.1) is 0 Å². The van der Waals surface area contributed by atoms with Gasteiger partial charge in [0.1, 0.15) is 11.4 Å². The Hall–Kier alpha value is -3.19. The van der Waals surface area contributed by atoms with Crippen LogP contribution in [-0.2, 0) is 24.8 Å². The molecule has 0 atom stereocenters. The van der Waals surface area contributed by atoms with Gasteiger partial charge >= 0.3 is 6.03 Å². The highest BCUT2D eigenvalue weighted by Gasteiger charge is 2.57. The summed E-state index contributed by atoms with van der Waals surface area (Å²) in [7, 11) is 2.06. The quantitative estimate of drug-likeness (QED) is 0.486. The summed E-state index contributed by atoms with van der Waals surface area (Å²) in [5, 5.41) is 0. The fourth-order valence-corrected chi connectivity index (χ4v) is 5.61. The van der Waals surface area contributed by atoms with E-state index in [2.05, 4.69) is 48.6 Å². The van der Waals surface area contributed by atoms with Gasteiger partial charge < -0.3 is 9.47 Å². The number of benzene rings is 2. The predicted molar refractivity (Wildman–Crippen MR) is 137 cm³/mol. The van der Waals surface area contributed by atoms with Crippen LogP contribution in [0.1, 0.15) is 38.1 Å². The molecule has 184 valence electrons. The monoisotopic (exact) mass is 473 g/mol. The number of piperidine rings is 1. The lowest BCUT2D eigenvalue weighted by molar-refractivity contribution is -0.136. The van der Waals surface area contributed by atoms with Crippen molar-refractivity contribution in [3.63, 3.8) is 0 Å². The molecule has 7 heteroatoms. The minimum atomic E-state index is -0.733. The summed E-state index contributed by atoms with van der Waals surface area (Å²) in [5.41, 5.74) is 2.59. The Balaban J connectivity index is 1.33. The van der Waals surface area contributed by atoms with Gasteiger partial charge in [0, 0.05) is 33.2 Å². The van der Waals surface area contributed by atoms with E-state index in [1.807, 2.05) is 41.3 Å². The number of nitrogens with zero attached hydrogens (tertiary/aromatic N) is 5. The minimum absolute atomic E-state index is 0.00774. The maximum absolute atomic E-state index is 13.7. The van der Waals surface area contributed by atoms with Crippen molar-refractivity contribution in [2.75, 3.05) is 26.2 Å². The first-order valence-corrected chi connectivity index (χ1v) is 12.7. The highest BCUT2D eigenvalue weighted by Crippen LogP contribution is 2.38. The first-order valence-electron chi connectivity index (χ1n) is 12.7. The molecule has 7 nitrogen and oxygen atoms in total. The molecule has 0 saturated carbocycles. The van der Waals surface area contributed by atoms with E-state index in [-0.39, 0.29) is 17.9 Å². The zero-order chi connectivity index (χ0) is 24.6. The summed E-state index contributed by atoms with van der Waals surface area (Å²) in [6.07, 6.45) is 2.07. The summed E-state index contributed by atoms with van der Waals surface area (Å²) >= 11 is 0. The van der Waals surface area contributed by atoms with Gasteiger partial charge in [-0.25, -0.2) is 9.78 Å². The number of carbonyl (C=O) groups excluding carboxylic acids is 2. The summed E-state index contributed by atoms with van der Waals surface area (Å²) in [6.45, 7) is 7.42. The van der Waals surface area contributed by atoms with Crippen molar-refractivity contribution in [1.29, 1.82) is 0 Å². The van der Waals surface area contributed by atoms with E-state index in [1.54, 1.807) is 0 Å². The second kappa shape index (κ2) is 9.46. The molecule has 2 aromatic carbocycles. The number of rotatable bonds is 7. The van der Waals surface area contributed by atoms with Crippen molar-refractivity contribution in [2.45, 2.75) is 45.2 Å². The Bertz CT molecular complexity index is 1210. The first kappa shape index (κ1) is 23.5. The molecule has 35 heavy (non-hydrogen) atoms. The van der Waals surface area contributed by atoms with Crippen LogP contribution >= 0.6 is 0 Å². The van der Waals surface area contributed by atoms with E-state index in [4.69, 9.17) is 4.98 Å².